The second kappa shape index (κ2) is 5.71. The summed E-state index contributed by atoms with van der Waals surface area (Å²) in [7, 11) is 0. The number of hydrogen-bond acceptors (Lipinski definition) is 2. The van der Waals surface area contributed by atoms with Gasteiger partial charge in [-0.3, -0.25) is 4.79 Å². The molecule has 1 aromatic rings. The van der Waals surface area contributed by atoms with Crippen molar-refractivity contribution < 1.29 is 9.21 Å². The topological polar surface area (TPSA) is 33.5 Å². The average Bonchev–Trinajstić information content (AvgIpc) is 2.95. The first-order valence-corrected chi connectivity index (χ1v) is 7.27. The van der Waals surface area contributed by atoms with E-state index in [1.165, 1.54) is 12.8 Å². The summed E-state index contributed by atoms with van der Waals surface area (Å²) in [4.78, 5) is 14.4. The van der Waals surface area contributed by atoms with Crippen LogP contribution in [0.2, 0.25) is 0 Å². The van der Waals surface area contributed by atoms with Crippen LogP contribution in [0.5, 0.6) is 0 Å². The average molecular weight is 300 g/mol. The summed E-state index contributed by atoms with van der Waals surface area (Å²) in [6.45, 7) is 2.67. The first-order chi connectivity index (χ1) is 8.24. The van der Waals surface area contributed by atoms with Gasteiger partial charge in [-0.1, -0.05) is 28.8 Å². The van der Waals surface area contributed by atoms with Gasteiger partial charge >= 0.3 is 0 Å². The lowest BCUT2D eigenvalue weighted by Crippen LogP contribution is -2.40. The predicted octanol–water partition coefficient (Wildman–Crippen LogP) is 3.37. The molecule has 1 aliphatic carbocycles. The van der Waals surface area contributed by atoms with Gasteiger partial charge in [-0.2, -0.15) is 0 Å². The molecule has 0 atom stereocenters. The van der Waals surface area contributed by atoms with E-state index in [1.807, 2.05) is 17.9 Å². The first kappa shape index (κ1) is 12.7. The highest BCUT2D eigenvalue weighted by molar-refractivity contribution is 9.09. The fourth-order valence-electron chi connectivity index (χ4n) is 2.48. The molecule has 1 heterocycles. The molecular weight excluding hydrogens is 282 g/mol. The van der Waals surface area contributed by atoms with E-state index in [9.17, 15) is 4.79 Å². The second-order valence-electron chi connectivity index (χ2n) is 4.56. The molecule has 0 aliphatic heterocycles. The van der Waals surface area contributed by atoms with Crippen LogP contribution in [-0.4, -0.2) is 28.7 Å². The lowest BCUT2D eigenvalue weighted by molar-refractivity contribution is 0.0662. The molecule has 2 rings (SSSR count). The smallest absolute Gasteiger partial charge is 0.290 e. The van der Waals surface area contributed by atoms with E-state index in [-0.39, 0.29) is 5.91 Å². The van der Waals surface area contributed by atoms with Gasteiger partial charge in [-0.05, 0) is 25.8 Å². The molecule has 0 aromatic carbocycles. The maximum Gasteiger partial charge on any atom is 0.290 e. The van der Waals surface area contributed by atoms with Crippen molar-refractivity contribution in [2.24, 2.45) is 0 Å². The summed E-state index contributed by atoms with van der Waals surface area (Å²) in [6.07, 6.45) is 6.29. The van der Waals surface area contributed by atoms with Crippen LogP contribution in [0.25, 0.3) is 0 Å². The number of rotatable bonds is 4. The zero-order chi connectivity index (χ0) is 12.3. The van der Waals surface area contributed by atoms with Crippen molar-refractivity contribution in [1.29, 1.82) is 0 Å². The molecule has 0 radical (unpaired) electrons. The lowest BCUT2D eigenvalue weighted by atomic mass is 10.2. The fraction of sp³-hybridized carbons (Fsp3) is 0.615. The molecule has 0 bridgehead atoms. The molecule has 1 aromatic heterocycles. The molecular formula is C13H18BrNO2. The summed E-state index contributed by atoms with van der Waals surface area (Å²) in [5.74, 6) is 0.539. The van der Waals surface area contributed by atoms with Gasteiger partial charge in [0.25, 0.3) is 5.91 Å². The van der Waals surface area contributed by atoms with Gasteiger partial charge in [-0.15, -0.1) is 0 Å². The minimum absolute atomic E-state index is 0.0406. The third-order valence-electron chi connectivity index (χ3n) is 3.41. The Hall–Kier alpha value is -0.770. The Bertz CT molecular complexity index is 383. The van der Waals surface area contributed by atoms with E-state index in [1.54, 1.807) is 6.26 Å². The number of hydrogen-bond donors (Lipinski definition) is 0. The maximum absolute atomic E-state index is 12.4. The van der Waals surface area contributed by atoms with Crippen LogP contribution < -0.4 is 0 Å². The molecule has 1 aliphatic rings. The zero-order valence-corrected chi connectivity index (χ0v) is 11.7. The van der Waals surface area contributed by atoms with Gasteiger partial charge in [0, 0.05) is 23.5 Å². The number of carbonyl (C=O) groups is 1. The molecule has 17 heavy (non-hydrogen) atoms. The highest BCUT2D eigenvalue weighted by Crippen LogP contribution is 2.25. The molecule has 0 spiro atoms. The standard InChI is InChI=1S/C13H18BrNO2/c1-10-6-9-17-12(10)13(16)15(8-7-14)11-4-2-3-5-11/h6,9,11H,2-5,7-8H2,1H3. The van der Waals surface area contributed by atoms with E-state index in [0.717, 1.165) is 30.3 Å². The van der Waals surface area contributed by atoms with Crippen molar-refractivity contribution in [3.05, 3.63) is 23.7 Å². The van der Waals surface area contributed by atoms with Crippen molar-refractivity contribution >= 4 is 21.8 Å². The van der Waals surface area contributed by atoms with Crippen molar-refractivity contribution in [3.63, 3.8) is 0 Å². The molecule has 0 N–H and O–H groups in total. The number of furan rings is 1. The van der Waals surface area contributed by atoms with Gasteiger partial charge in [0.1, 0.15) is 0 Å². The normalized spacial score (nSPS) is 16.4. The van der Waals surface area contributed by atoms with Gasteiger partial charge in [-0.25, -0.2) is 0 Å². The summed E-state index contributed by atoms with van der Waals surface area (Å²) >= 11 is 3.42. The number of halogens is 1. The molecule has 0 saturated heterocycles. The number of amides is 1. The Kier molecular flexibility index (Phi) is 4.26. The SMILES string of the molecule is Cc1ccoc1C(=O)N(CCBr)C1CCCC1. The molecule has 1 saturated carbocycles. The Morgan fingerprint density at radius 3 is 2.76 bits per heavy atom. The van der Waals surface area contributed by atoms with Crippen LogP contribution in [0.4, 0.5) is 0 Å². The van der Waals surface area contributed by atoms with Gasteiger partial charge in [0.2, 0.25) is 0 Å². The molecule has 3 nitrogen and oxygen atoms in total. The van der Waals surface area contributed by atoms with Crippen LogP contribution in [0.1, 0.15) is 41.8 Å². The molecule has 4 heteroatoms. The van der Waals surface area contributed by atoms with Crippen LogP contribution in [0, 0.1) is 6.92 Å². The van der Waals surface area contributed by atoms with Crippen LogP contribution >= 0.6 is 15.9 Å². The fourth-order valence-corrected chi connectivity index (χ4v) is 2.86. The van der Waals surface area contributed by atoms with Crippen molar-refractivity contribution in [3.8, 4) is 0 Å². The van der Waals surface area contributed by atoms with Gasteiger partial charge in [0.15, 0.2) is 5.76 Å². The Morgan fingerprint density at radius 1 is 1.53 bits per heavy atom. The highest BCUT2D eigenvalue weighted by Gasteiger charge is 2.29. The number of alkyl halides is 1. The third kappa shape index (κ3) is 2.73. The monoisotopic (exact) mass is 299 g/mol. The van der Waals surface area contributed by atoms with Gasteiger partial charge < -0.3 is 9.32 Å². The summed E-state index contributed by atoms with van der Waals surface area (Å²) < 4.78 is 5.31. The van der Waals surface area contributed by atoms with Crippen LogP contribution in [-0.2, 0) is 0 Å². The molecule has 0 unspecified atom stereocenters. The van der Waals surface area contributed by atoms with Gasteiger partial charge in [0.05, 0.1) is 6.26 Å². The first-order valence-electron chi connectivity index (χ1n) is 6.15. The van der Waals surface area contributed by atoms with E-state index < -0.39 is 0 Å². The molecule has 94 valence electrons. The predicted molar refractivity (Wildman–Crippen MR) is 70.5 cm³/mol. The Balaban J connectivity index is 2.15. The minimum atomic E-state index is 0.0406. The van der Waals surface area contributed by atoms with E-state index in [2.05, 4.69) is 15.9 Å². The third-order valence-corrected chi connectivity index (χ3v) is 3.76. The minimum Gasteiger partial charge on any atom is -0.459 e. The van der Waals surface area contributed by atoms with E-state index >= 15 is 0 Å². The van der Waals surface area contributed by atoms with Crippen molar-refractivity contribution in [2.45, 2.75) is 38.6 Å². The quantitative estimate of drug-likeness (QED) is 0.799. The van der Waals surface area contributed by atoms with E-state index in [4.69, 9.17) is 4.42 Å². The Labute approximate surface area is 110 Å². The Morgan fingerprint density at radius 2 is 2.24 bits per heavy atom. The number of aryl methyl sites for hydroxylation is 1. The molecule has 1 amide bonds. The largest absolute Gasteiger partial charge is 0.459 e. The van der Waals surface area contributed by atoms with Crippen LogP contribution in [0.15, 0.2) is 16.7 Å². The summed E-state index contributed by atoms with van der Waals surface area (Å²) in [5, 5.41) is 0.814. The maximum atomic E-state index is 12.4. The van der Waals surface area contributed by atoms with Crippen molar-refractivity contribution in [2.75, 3.05) is 11.9 Å². The summed E-state index contributed by atoms with van der Waals surface area (Å²) in [6, 6.07) is 2.23. The van der Waals surface area contributed by atoms with Crippen LogP contribution in [0.3, 0.4) is 0 Å². The summed E-state index contributed by atoms with van der Waals surface area (Å²) in [5.41, 5.74) is 0.924. The molecule has 1 fully saturated rings. The van der Waals surface area contributed by atoms with Crippen molar-refractivity contribution in [1.82, 2.24) is 4.90 Å². The van der Waals surface area contributed by atoms with E-state index in [0.29, 0.717) is 11.8 Å². The number of carbonyl (C=O) groups excluding carboxylic acids is 1. The zero-order valence-electron chi connectivity index (χ0n) is 10.1. The second-order valence-corrected chi connectivity index (χ2v) is 5.35. The lowest BCUT2D eigenvalue weighted by Gasteiger charge is -2.27. The number of nitrogens with zero attached hydrogens (tertiary/aromatic N) is 1. The highest BCUT2D eigenvalue weighted by atomic mass is 79.9.